The SMILES string of the molecule is O=C(NCc1ccc(F)cc1F)c1cn[nH]c1S(=O)(=O)Nc1ccc(Cl)cc1. The van der Waals surface area contributed by atoms with Crippen LogP contribution in [0.4, 0.5) is 14.5 Å². The molecule has 146 valence electrons. The van der Waals surface area contributed by atoms with Gasteiger partial charge in [0.1, 0.15) is 11.6 Å². The van der Waals surface area contributed by atoms with Gasteiger partial charge >= 0.3 is 0 Å². The second-order valence-corrected chi connectivity index (χ2v) is 7.70. The van der Waals surface area contributed by atoms with Crippen molar-refractivity contribution in [2.75, 3.05) is 4.72 Å². The summed E-state index contributed by atoms with van der Waals surface area (Å²) >= 11 is 5.76. The number of aromatic nitrogens is 2. The topological polar surface area (TPSA) is 104 Å². The molecule has 3 aromatic rings. The highest BCUT2D eigenvalue weighted by atomic mass is 35.5. The number of carbonyl (C=O) groups is 1. The van der Waals surface area contributed by atoms with Gasteiger partial charge in [0, 0.05) is 28.9 Å². The molecule has 7 nitrogen and oxygen atoms in total. The molecule has 1 amide bonds. The summed E-state index contributed by atoms with van der Waals surface area (Å²) in [6.07, 6.45) is 1.03. The molecule has 2 aromatic carbocycles. The van der Waals surface area contributed by atoms with Gasteiger partial charge in [-0.2, -0.15) is 13.5 Å². The van der Waals surface area contributed by atoms with Gasteiger partial charge in [-0.05, 0) is 30.3 Å². The van der Waals surface area contributed by atoms with E-state index in [1.807, 2.05) is 0 Å². The van der Waals surface area contributed by atoms with Crippen LogP contribution < -0.4 is 10.0 Å². The van der Waals surface area contributed by atoms with Gasteiger partial charge in [-0.3, -0.25) is 14.6 Å². The van der Waals surface area contributed by atoms with E-state index in [0.717, 1.165) is 12.3 Å². The second-order valence-electron chi connectivity index (χ2n) is 5.64. The van der Waals surface area contributed by atoms with Crippen LogP contribution in [0.5, 0.6) is 0 Å². The molecule has 11 heteroatoms. The Morgan fingerprint density at radius 2 is 1.86 bits per heavy atom. The minimum Gasteiger partial charge on any atom is -0.348 e. The number of amides is 1. The zero-order chi connectivity index (χ0) is 20.3. The van der Waals surface area contributed by atoms with Crippen LogP contribution >= 0.6 is 11.6 Å². The highest BCUT2D eigenvalue weighted by Gasteiger charge is 2.25. The quantitative estimate of drug-likeness (QED) is 0.563. The summed E-state index contributed by atoms with van der Waals surface area (Å²) < 4.78 is 54.0. The van der Waals surface area contributed by atoms with Crippen LogP contribution in [-0.2, 0) is 16.6 Å². The summed E-state index contributed by atoms with van der Waals surface area (Å²) in [5.41, 5.74) is 0.0182. The van der Waals surface area contributed by atoms with E-state index in [2.05, 4.69) is 20.2 Å². The standard InChI is InChI=1S/C17H13ClF2N4O3S/c18-11-2-5-13(6-3-11)24-28(26,27)17-14(9-22-23-17)16(25)21-8-10-1-4-12(19)7-15(10)20/h1-7,9,24H,8H2,(H,21,25)(H,22,23). The van der Waals surface area contributed by atoms with Crippen LogP contribution in [0, 0.1) is 11.6 Å². The number of halogens is 3. The van der Waals surface area contributed by atoms with Crippen molar-refractivity contribution >= 4 is 33.2 Å². The molecule has 0 aliphatic rings. The number of sulfonamides is 1. The van der Waals surface area contributed by atoms with Gasteiger partial charge in [-0.1, -0.05) is 17.7 Å². The van der Waals surface area contributed by atoms with E-state index >= 15 is 0 Å². The van der Waals surface area contributed by atoms with E-state index in [4.69, 9.17) is 11.6 Å². The Kier molecular flexibility index (Phi) is 5.61. The molecule has 0 saturated carbocycles. The zero-order valence-electron chi connectivity index (χ0n) is 14.0. The first-order valence-electron chi connectivity index (χ1n) is 7.80. The first-order valence-corrected chi connectivity index (χ1v) is 9.66. The Morgan fingerprint density at radius 3 is 2.54 bits per heavy atom. The molecule has 0 radical (unpaired) electrons. The molecule has 0 saturated heterocycles. The van der Waals surface area contributed by atoms with Gasteiger partial charge in [0.2, 0.25) is 0 Å². The summed E-state index contributed by atoms with van der Waals surface area (Å²) in [5.74, 6) is -2.37. The van der Waals surface area contributed by atoms with Gasteiger partial charge in [0.15, 0.2) is 5.03 Å². The number of carbonyl (C=O) groups excluding carboxylic acids is 1. The number of rotatable bonds is 6. The average Bonchev–Trinajstić information content (AvgIpc) is 3.13. The third-order valence-electron chi connectivity index (χ3n) is 3.67. The summed E-state index contributed by atoms with van der Waals surface area (Å²) in [6, 6.07) is 8.81. The molecule has 0 bridgehead atoms. The van der Waals surface area contributed by atoms with E-state index in [-0.39, 0.29) is 23.4 Å². The lowest BCUT2D eigenvalue weighted by molar-refractivity contribution is 0.0947. The third kappa shape index (κ3) is 4.46. The van der Waals surface area contributed by atoms with Crippen LogP contribution in [0.1, 0.15) is 15.9 Å². The van der Waals surface area contributed by atoms with E-state index in [9.17, 15) is 22.0 Å². The van der Waals surface area contributed by atoms with Crippen LogP contribution in [0.25, 0.3) is 0 Å². The molecular weight excluding hydrogens is 414 g/mol. The van der Waals surface area contributed by atoms with Crippen LogP contribution in [0.3, 0.4) is 0 Å². The number of aromatic amines is 1. The minimum absolute atomic E-state index is 0.0435. The Morgan fingerprint density at radius 1 is 1.14 bits per heavy atom. The summed E-state index contributed by atoms with van der Waals surface area (Å²) in [7, 11) is -4.15. The number of hydrogen-bond acceptors (Lipinski definition) is 4. The lowest BCUT2D eigenvalue weighted by atomic mass is 10.2. The van der Waals surface area contributed by atoms with E-state index in [1.165, 1.54) is 30.3 Å². The number of benzene rings is 2. The minimum atomic E-state index is -4.15. The largest absolute Gasteiger partial charge is 0.348 e. The van der Waals surface area contributed by atoms with Gasteiger partial charge in [-0.25, -0.2) is 8.78 Å². The fourth-order valence-electron chi connectivity index (χ4n) is 2.30. The number of anilines is 1. The Bertz CT molecular complexity index is 1120. The van der Waals surface area contributed by atoms with Crippen molar-refractivity contribution in [1.29, 1.82) is 0 Å². The predicted octanol–water partition coefficient (Wildman–Crippen LogP) is 3.07. The number of nitrogens with zero attached hydrogens (tertiary/aromatic N) is 1. The van der Waals surface area contributed by atoms with Crippen LogP contribution in [-0.4, -0.2) is 24.5 Å². The molecule has 0 aliphatic heterocycles. The molecule has 3 rings (SSSR count). The first kappa shape index (κ1) is 19.8. The molecule has 0 aliphatic carbocycles. The smallest absolute Gasteiger partial charge is 0.279 e. The molecule has 1 heterocycles. The first-order chi connectivity index (χ1) is 13.3. The van der Waals surface area contributed by atoms with Gasteiger partial charge < -0.3 is 5.32 Å². The maximum Gasteiger partial charge on any atom is 0.279 e. The third-order valence-corrected chi connectivity index (χ3v) is 5.27. The Balaban J connectivity index is 1.76. The predicted molar refractivity (Wildman–Crippen MR) is 98.4 cm³/mol. The van der Waals surface area contributed by atoms with E-state index in [0.29, 0.717) is 11.1 Å². The van der Waals surface area contributed by atoms with Crippen molar-refractivity contribution < 1.29 is 22.0 Å². The normalized spacial score (nSPS) is 11.2. The lowest BCUT2D eigenvalue weighted by Crippen LogP contribution is -2.26. The number of nitrogens with one attached hydrogen (secondary N) is 3. The fraction of sp³-hybridized carbons (Fsp3) is 0.0588. The molecule has 0 spiro atoms. The molecule has 28 heavy (non-hydrogen) atoms. The summed E-state index contributed by atoms with van der Waals surface area (Å²) in [4.78, 5) is 12.3. The van der Waals surface area contributed by atoms with E-state index in [1.54, 1.807) is 0 Å². The van der Waals surface area contributed by atoms with Gasteiger partial charge in [0.25, 0.3) is 15.9 Å². The summed E-state index contributed by atoms with van der Waals surface area (Å²) in [6.45, 7) is -0.264. The van der Waals surface area contributed by atoms with Crippen molar-refractivity contribution in [3.63, 3.8) is 0 Å². The molecular formula is C17H13ClF2N4O3S. The molecule has 0 unspecified atom stereocenters. The Labute approximate surface area is 163 Å². The molecule has 0 atom stereocenters. The lowest BCUT2D eigenvalue weighted by Gasteiger charge is -2.09. The second kappa shape index (κ2) is 7.95. The van der Waals surface area contributed by atoms with Gasteiger partial charge in [-0.15, -0.1) is 0 Å². The van der Waals surface area contributed by atoms with Crippen LogP contribution in [0.15, 0.2) is 53.7 Å². The molecule has 3 N–H and O–H groups in total. The monoisotopic (exact) mass is 426 g/mol. The van der Waals surface area contributed by atoms with Crippen molar-refractivity contribution in [1.82, 2.24) is 15.5 Å². The maximum absolute atomic E-state index is 13.7. The highest BCUT2D eigenvalue weighted by Crippen LogP contribution is 2.19. The van der Waals surface area contributed by atoms with Crippen molar-refractivity contribution in [2.45, 2.75) is 11.6 Å². The fourth-order valence-corrected chi connectivity index (χ4v) is 3.58. The maximum atomic E-state index is 13.7. The molecule has 1 aromatic heterocycles. The van der Waals surface area contributed by atoms with E-state index < -0.39 is 32.6 Å². The number of hydrogen-bond donors (Lipinski definition) is 3. The van der Waals surface area contributed by atoms with Crippen molar-refractivity contribution in [2.24, 2.45) is 0 Å². The Hall–Kier alpha value is -2.98. The van der Waals surface area contributed by atoms with Crippen molar-refractivity contribution in [3.8, 4) is 0 Å². The number of H-pyrrole nitrogens is 1. The molecule has 0 fully saturated rings. The highest BCUT2D eigenvalue weighted by molar-refractivity contribution is 7.92. The van der Waals surface area contributed by atoms with Crippen molar-refractivity contribution in [3.05, 3.63) is 76.4 Å². The summed E-state index contributed by atoms with van der Waals surface area (Å²) in [5, 5.41) is 8.21. The zero-order valence-corrected chi connectivity index (χ0v) is 15.6. The van der Waals surface area contributed by atoms with Gasteiger partial charge in [0.05, 0.1) is 11.8 Å². The van der Waals surface area contributed by atoms with Crippen LogP contribution in [0.2, 0.25) is 5.02 Å². The average molecular weight is 427 g/mol.